The van der Waals surface area contributed by atoms with Crippen molar-refractivity contribution in [2.24, 2.45) is 11.8 Å². The Kier molecular flexibility index (Phi) is 3.68. The molecule has 19 heavy (non-hydrogen) atoms. The highest BCUT2D eigenvalue weighted by Gasteiger charge is 2.63. The predicted octanol–water partition coefficient (Wildman–Crippen LogP) is 3.60. The maximum Gasteiger partial charge on any atom is 0.128 e. The quantitative estimate of drug-likeness (QED) is 0.576. The molecule has 3 aliphatic heterocycles. The van der Waals surface area contributed by atoms with Crippen molar-refractivity contribution in [2.75, 3.05) is 0 Å². The third-order valence-corrected chi connectivity index (χ3v) is 5.65. The number of hydrogen-bond donors (Lipinski definition) is 0. The molecule has 0 spiro atoms. The van der Waals surface area contributed by atoms with E-state index in [0.717, 1.165) is 23.1 Å². The molecular weight excluding hydrogens is 328 g/mol. The van der Waals surface area contributed by atoms with Gasteiger partial charge in [0.15, 0.2) is 0 Å². The first-order chi connectivity index (χ1) is 9.17. The van der Waals surface area contributed by atoms with Crippen LogP contribution in [0.5, 0.6) is 0 Å². The number of fused-ring (bicyclic) bond motifs is 1. The van der Waals surface area contributed by atoms with Gasteiger partial charge in [-0.3, -0.25) is 0 Å². The van der Waals surface area contributed by atoms with Crippen molar-refractivity contribution in [1.82, 2.24) is 0 Å². The van der Waals surface area contributed by atoms with Crippen LogP contribution in [0.2, 0.25) is 0 Å². The van der Waals surface area contributed by atoms with Crippen molar-refractivity contribution in [2.45, 2.75) is 43.5 Å². The fraction of sp³-hybridized carbons (Fsp3) is 0.600. The predicted molar refractivity (Wildman–Crippen MR) is 79.0 cm³/mol. The monoisotopic (exact) mass is 342 g/mol. The molecule has 3 rings (SSSR count). The van der Waals surface area contributed by atoms with Crippen LogP contribution >= 0.6 is 27.5 Å². The van der Waals surface area contributed by atoms with Gasteiger partial charge in [0.1, 0.15) is 18.0 Å². The van der Waals surface area contributed by atoms with Gasteiger partial charge in [-0.25, -0.2) is 0 Å². The summed E-state index contributed by atoms with van der Waals surface area (Å²) in [4.78, 5) is 0. The van der Waals surface area contributed by atoms with E-state index in [1.807, 2.05) is 6.08 Å². The Bertz CT molecular complexity index is 477. The number of alkyl halides is 1. The lowest BCUT2D eigenvalue weighted by atomic mass is 9.77. The molecule has 0 amide bonds. The van der Waals surface area contributed by atoms with Gasteiger partial charge in [-0.2, -0.15) is 0 Å². The van der Waals surface area contributed by atoms with E-state index in [9.17, 15) is 0 Å². The van der Waals surface area contributed by atoms with Crippen molar-refractivity contribution in [3.63, 3.8) is 0 Å². The van der Waals surface area contributed by atoms with Gasteiger partial charge in [0.2, 0.25) is 0 Å². The molecule has 3 aliphatic rings. The van der Waals surface area contributed by atoms with Gasteiger partial charge in [0.05, 0.1) is 17.4 Å². The minimum Gasteiger partial charge on any atom is -0.491 e. The smallest absolute Gasteiger partial charge is 0.128 e. The Morgan fingerprint density at radius 2 is 2.42 bits per heavy atom. The second-order valence-electron chi connectivity index (χ2n) is 5.23. The molecular formula is C15H16BrClO2. The zero-order chi connectivity index (χ0) is 13.6. The molecule has 2 nitrogen and oxygen atoms in total. The van der Waals surface area contributed by atoms with Gasteiger partial charge in [0, 0.05) is 16.8 Å². The molecule has 102 valence electrons. The van der Waals surface area contributed by atoms with E-state index in [2.05, 4.69) is 28.8 Å². The summed E-state index contributed by atoms with van der Waals surface area (Å²) in [5, 5.41) is -0.106. The summed E-state index contributed by atoms with van der Waals surface area (Å²) in [5.41, 5.74) is 0. The van der Waals surface area contributed by atoms with E-state index in [0.29, 0.717) is 0 Å². The average molecular weight is 344 g/mol. The van der Waals surface area contributed by atoms with Crippen LogP contribution in [0.4, 0.5) is 0 Å². The third kappa shape index (κ3) is 2.05. The molecule has 5 unspecified atom stereocenters. The van der Waals surface area contributed by atoms with Gasteiger partial charge in [0.25, 0.3) is 0 Å². The van der Waals surface area contributed by atoms with Crippen LogP contribution in [0.3, 0.4) is 0 Å². The van der Waals surface area contributed by atoms with Crippen LogP contribution in [0, 0.1) is 24.2 Å². The lowest BCUT2D eigenvalue weighted by Crippen LogP contribution is -2.34. The van der Waals surface area contributed by atoms with Gasteiger partial charge in [-0.05, 0) is 12.5 Å². The summed E-state index contributed by atoms with van der Waals surface area (Å²) < 4.78 is 13.2. The Morgan fingerprint density at radius 1 is 1.63 bits per heavy atom. The zero-order valence-electron chi connectivity index (χ0n) is 10.7. The fourth-order valence-electron chi connectivity index (χ4n) is 3.50. The standard InChI is InChI=1S/C15H16BrClO2/c1-3-5-6-9(17)12-10-7-11-15(18-10)13(12)14(19-11)8(16)4-2/h1,5-6,9-13,15H,4,7H2,2H3/b6-5-,14-8+/t9-,10?,11?,12?,13?,15?/m0/s1. The van der Waals surface area contributed by atoms with Crippen molar-refractivity contribution in [1.29, 1.82) is 0 Å². The van der Waals surface area contributed by atoms with E-state index < -0.39 is 0 Å². The van der Waals surface area contributed by atoms with E-state index >= 15 is 0 Å². The average Bonchev–Trinajstić information content (AvgIpc) is 3.02. The topological polar surface area (TPSA) is 18.5 Å². The molecule has 3 heterocycles. The van der Waals surface area contributed by atoms with Crippen LogP contribution < -0.4 is 0 Å². The fourth-order valence-corrected chi connectivity index (χ4v) is 4.25. The minimum atomic E-state index is -0.106. The van der Waals surface area contributed by atoms with Crippen LogP contribution in [-0.4, -0.2) is 23.7 Å². The Labute approximate surface area is 127 Å². The van der Waals surface area contributed by atoms with Crippen molar-refractivity contribution in [3.05, 3.63) is 22.4 Å². The Hall–Kier alpha value is -0.430. The van der Waals surface area contributed by atoms with Crippen LogP contribution in [-0.2, 0) is 9.47 Å². The highest BCUT2D eigenvalue weighted by molar-refractivity contribution is 9.11. The second kappa shape index (κ2) is 5.16. The molecule has 0 aromatic rings. The molecule has 0 aliphatic carbocycles. The SMILES string of the molecule is C#C/C=C\[C@H](Cl)C1C2CC3O/C(=C(/Br)CC)C1C3O2. The summed E-state index contributed by atoms with van der Waals surface area (Å²) in [7, 11) is 0. The normalized spacial score (nSPS) is 43.4. The lowest BCUT2D eigenvalue weighted by Gasteiger charge is -2.25. The van der Waals surface area contributed by atoms with Gasteiger partial charge in [-0.15, -0.1) is 18.0 Å². The Balaban J connectivity index is 1.91. The highest BCUT2D eigenvalue weighted by atomic mass is 79.9. The van der Waals surface area contributed by atoms with Gasteiger partial charge >= 0.3 is 0 Å². The number of allylic oxidation sites excluding steroid dienone is 3. The van der Waals surface area contributed by atoms with Gasteiger partial charge < -0.3 is 9.47 Å². The first kappa shape index (κ1) is 13.5. The summed E-state index contributed by atoms with van der Waals surface area (Å²) >= 11 is 10.1. The molecule has 3 fully saturated rings. The van der Waals surface area contributed by atoms with Gasteiger partial charge in [-0.1, -0.05) is 34.9 Å². The number of hydrogen-bond acceptors (Lipinski definition) is 2. The number of halogens is 2. The van der Waals surface area contributed by atoms with E-state index in [1.54, 1.807) is 6.08 Å². The van der Waals surface area contributed by atoms with E-state index in [4.69, 9.17) is 27.5 Å². The van der Waals surface area contributed by atoms with Crippen molar-refractivity contribution < 1.29 is 9.47 Å². The summed E-state index contributed by atoms with van der Waals surface area (Å²) in [5.74, 6) is 4.06. The largest absolute Gasteiger partial charge is 0.491 e. The first-order valence-corrected chi connectivity index (χ1v) is 7.87. The number of rotatable bonds is 3. The number of ether oxygens (including phenoxy) is 2. The van der Waals surface area contributed by atoms with Crippen LogP contribution in [0.15, 0.2) is 22.4 Å². The molecule has 0 N–H and O–H groups in total. The highest BCUT2D eigenvalue weighted by Crippen LogP contribution is 2.56. The molecule has 2 bridgehead atoms. The molecule has 0 radical (unpaired) electrons. The minimum absolute atomic E-state index is 0.106. The molecule has 4 heteroatoms. The van der Waals surface area contributed by atoms with Crippen molar-refractivity contribution in [3.8, 4) is 12.3 Å². The Morgan fingerprint density at radius 3 is 3.11 bits per heavy atom. The zero-order valence-corrected chi connectivity index (χ0v) is 13.0. The third-order valence-electron chi connectivity index (χ3n) is 4.26. The van der Waals surface area contributed by atoms with Crippen molar-refractivity contribution >= 4 is 27.5 Å². The number of terminal acetylenes is 1. The van der Waals surface area contributed by atoms with E-state index in [-0.39, 0.29) is 35.5 Å². The summed E-state index contributed by atoms with van der Waals surface area (Å²) in [6.07, 6.45) is 11.3. The summed E-state index contributed by atoms with van der Waals surface area (Å²) in [6.45, 7) is 2.11. The molecule has 0 saturated carbocycles. The molecule has 6 atom stereocenters. The van der Waals surface area contributed by atoms with Crippen LogP contribution in [0.25, 0.3) is 0 Å². The second-order valence-corrected chi connectivity index (χ2v) is 6.69. The summed E-state index contributed by atoms with van der Waals surface area (Å²) in [6, 6.07) is 0. The van der Waals surface area contributed by atoms with E-state index in [1.165, 1.54) is 0 Å². The molecule has 0 aromatic heterocycles. The lowest BCUT2D eigenvalue weighted by molar-refractivity contribution is 0.0690. The maximum absolute atomic E-state index is 6.51. The molecule has 0 aromatic carbocycles. The first-order valence-electron chi connectivity index (χ1n) is 6.64. The molecule has 3 saturated heterocycles. The maximum atomic E-state index is 6.51. The van der Waals surface area contributed by atoms with Crippen LogP contribution in [0.1, 0.15) is 19.8 Å².